The van der Waals surface area contributed by atoms with Crippen LogP contribution in [0.1, 0.15) is 18.1 Å². The van der Waals surface area contributed by atoms with E-state index in [-0.39, 0.29) is 0 Å². The molecule has 31 heavy (non-hydrogen) atoms. The number of rotatable bonds is 7. The molecule has 0 fully saturated rings. The first-order chi connectivity index (χ1) is 15.0. The number of nitrogens with one attached hydrogen (secondary N) is 1. The van der Waals surface area contributed by atoms with Crippen LogP contribution in [0.3, 0.4) is 0 Å². The zero-order valence-electron chi connectivity index (χ0n) is 17.7. The van der Waals surface area contributed by atoms with Gasteiger partial charge in [0.1, 0.15) is 11.6 Å². The normalized spacial score (nSPS) is 12.2. The third-order valence-corrected chi connectivity index (χ3v) is 6.23. The van der Waals surface area contributed by atoms with E-state index in [4.69, 9.17) is 14.5 Å². The predicted molar refractivity (Wildman–Crippen MR) is 125 cm³/mol. The highest BCUT2D eigenvalue weighted by molar-refractivity contribution is 7.98. The molecule has 1 aromatic heterocycles. The molecule has 4 aromatic rings. The molecule has 5 nitrogen and oxygen atoms in total. The molecule has 0 aliphatic rings. The summed E-state index contributed by atoms with van der Waals surface area (Å²) in [6, 6.07) is 19.8. The number of benzene rings is 3. The minimum atomic E-state index is -0.871. The van der Waals surface area contributed by atoms with Gasteiger partial charge in [-0.15, -0.1) is 11.8 Å². The largest absolute Gasteiger partial charge is 0.480 e. The van der Waals surface area contributed by atoms with Crippen LogP contribution in [0.25, 0.3) is 33.7 Å². The number of carboxylic acid groups (broad SMARTS) is 1. The number of fused-ring (bicyclic) bond motifs is 1. The van der Waals surface area contributed by atoms with Gasteiger partial charge < -0.3 is 14.8 Å². The van der Waals surface area contributed by atoms with E-state index in [0.29, 0.717) is 12.4 Å². The van der Waals surface area contributed by atoms with Crippen LogP contribution in [0.5, 0.6) is 0 Å². The van der Waals surface area contributed by atoms with Gasteiger partial charge in [-0.05, 0) is 60.6 Å². The van der Waals surface area contributed by atoms with E-state index in [1.54, 1.807) is 18.7 Å². The Balaban J connectivity index is 1.72. The fourth-order valence-electron chi connectivity index (χ4n) is 3.59. The van der Waals surface area contributed by atoms with Crippen molar-refractivity contribution < 1.29 is 14.3 Å². The molecule has 0 aliphatic carbocycles. The molecule has 0 amide bonds. The van der Waals surface area contributed by atoms with Crippen molar-refractivity contribution in [3.05, 3.63) is 71.8 Å². The summed E-state index contributed by atoms with van der Waals surface area (Å²) in [6.07, 6.45) is 2.00. The van der Waals surface area contributed by atoms with Gasteiger partial charge in [-0.2, -0.15) is 0 Å². The van der Waals surface area contributed by atoms with E-state index in [0.717, 1.165) is 43.8 Å². The van der Waals surface area contributed by atoms with Gasteiger partial charge in [-0.1, -0.05) is 42.5 Å². The summed E-state index contributed by atoms with van der Waals surface area (Å²) in [5.41, 5.74) is 6.87. The molecular weight excluding hydrogens is 408 g/mol. The lowest BCUT2D eigenvalue weighted by Gasteiger charge is -2.11. The number of hydrogen-bond acceptors (Lipinski definition) is 5. The lowest BCUT2D eigenvalue weighted by Crippen LogP contribution is -2.33. The Labute approximate surface area is 185 Å². The number of oxazole rings is 1. The molecule has 158 valence electrons. The average molecular weight is 433 g/mol. The van der Waals surface area contributed by atoms with E-state index in [1.807, 2.05) is 48.7 Å². The predicted octanol–water partition coefficient (Wildman–Crippen LogP) is 5.75. The zero-order valence-corrected chi connectivity index (χ0v) is 18.5. The molecular formula is C25H24N2O3S. The molecule has 0 aliphatic heterocycles. The molecule has 0 bridgehead atoms. The van der Waals surface area contributed by atoms with Gasteiger partial charge in [-0.25, -0.2) is 4.98 Å². The molecule has 1 heterocycles. The summed E-state index contributed by atoms with van der Waals surface area (Å²) in [5.74, 6) is -0.286. The second kappa shape index (κ2) is 8.96. The minimum Gasteiger partial charge on any atom is -0.480 e. The van der Waals surface area contributed by atoms with Gasteiger partial charge in [0, 0.05) is 17.0 Å². The SMILES string of the molecule is CSc1cc2oc(-c3cccc(-c4ccccc4)c3C)nc2cc1CNC(C)C(=O)O. The fraction of sp³-hybridized carbons (Fsp3) is 0.200. The molecule has 1 unspecified atom stereocenters. The van der Waals surface area contributed by atoms with Crippen molar-refractivity contribution in [2.24, 2.45) is 0 Å². The summed E-state index contributed by atoms with van der Waals surface area (Å²) >= 11 is 1.60. The molecule has 0 spiro atoms. The number of carboxylic acids is 1. The van der Waals surface area contributed by atoms with E-state index >= 15 is 0 Å². The van der Waals surface area contributed by atoms with Crippen LogP contribution in [0.15, 0.2) is 70.0 Å². The summed E-state index contributed by atoms with van der Waals surface area (Å²) in [7, 11) is 0. The second-order valence-corrected chi connectivity index (χ2v) is 8.28. The summed E-state index contributed by atoms with van der Waals surface area (Å²) in [4.78, 5) is 16.9. The van der Waals surface area contributed by atoms with Crippen LogP contribution in [0.4, 0.5) is 0 Å². The molecule has 3 aromatic carbocycles. The molecule has 0 saturated heterocycles. The van der Waals surface area contributed by atoms with Gasteiger partial charge in [0.2, 0.25) is 5.89 Å². The van der Waals surface area contributed by atoms with Crippen molar-refractivity contribution >= 4 is 28.8 Å². The van der Waals surface area contributed by atoms with E-state index in [9.17, 15) is 4.79 Å². The third kappa shape index (κ3) is 4.36. The minimum absolute atomic E-state index is 0.449. The second-order valence-electron chi connectivity index (χ2n) is 7.44. The quantitative estimate of drug-likeness (QED) is 0.362. The molecule has 0 saturated carbocycles. The lowest BCUT2D eigenvalue weighted by atomic mass is 9.96. The van der Waals surface area contributed by atoms with E-state index in [2.05, 4.69) is 30.4 Å². The maximum absolute atomic E-state index is 11.1. The first-order valence-electron chi connectivity index (χ1n) is 10.1. The fourth-order valence-corrected chi connectivity index (χ4v) is 4.21. The number of aromatic nitrogens is 1. The number of aliphatic carboxylic acids is 1. The van der Waals surface area contributed by atoms with Crippen LogP contribution in [0.2, 0.25) is 0 Å². The summed E-state index contributed by atoms with van der Waals surface area (Å²) in [6.45, 7) is 4.17. The highest BCUT2D eigenvalue weighted by atomic mass is 32.2. The smallest absolute Gasteiger partial charge is 0.320 e. The lowest BCUT2D eigenvalue weighted by molar-refractivity contribution is -0.139. The molecule has 2 N–H and O–H groups in total. The summed E-state index contributed by atoms with van der Waals surface area (Å²) < 4.78 is 6.15. The van der Waals surface area contributed by atoms with Crippen molar-refractivity contribution in [1.29, 1.82) is 0 Å². The van der Waals surface area contributed by atoms with Crippen molar-refractivity contribution in [2.75, 3.05) is 6.26 Å². The monoisotopic (exact) mass is 432 g/mol. The first kappa shape index (κ1) is 21.2. The highest BCUT2D eigenvalue weighted by Crippen LogP contribution is 2.34. The van der Waals surface area contributed by atoms with Gasteiger partial charge in [0.15, 0.2) is 5.58 Å². The van der Waals surface area contributed by atoms with Crippen LogP contribution in [-0.2, 0) is 11.3 Å². The van der Waals surface area contributed by atoms with Crippen molar-refractivity contribution in [3.8, 4) is 22.6 Å². The van der Waals surface area contributed by atoms with Gasteiger partial charge in [0.25, 0.3) is 0 Å². The highest BCUT2D eigenvalue weighted by Gasteiger charge is 2.16. The van der Waals surface area contributed by atoms with Crippen LogP contribution in [-0.4, -0.2) is 28.4 Å². The number of carbonyl (C=O) groups is 1. The standard InChI is InChI=1S/C25H24N2O3S/c1-15-19(17-8-5-4-6-9-17)10-7-11-20(15)24-27-21-12-18(14-26-16(2)25(28)29)23(31-3)13-22(21)30-24/h4-13,16,26H,14H2,1-3H3,(H,28,29). The Morgan fingerprint density at radius 2 is 1.87 bits per heavy atom. The molecule has 0 radical (unpaired) electrons. The Bertz CT molecular complexity index is 1230. The number of nitrogens with zero attached hydrogens (tertiary/aromatic N) is 1. The number of thioether (sulfide) groups is 1. The topological polar surface area (TPSA) is 75.4 Å². The van der Waals surface area contributed by atoms with Crippen LogP contribution < -0.4 is 5.32 Å². The maximum Gasteiger partial charge on any atom is 0.320 e. The summed E-state index contributed by atoms with van der Waals surface area (Å²) in [5, 5.41) is 12.2. The van der Waals surface area contributed by atoms with Gasteiger partial charge in [0.05, 0.1) is 0 Å². The molecule has 1 atom stereocenters. The van der Waals surface area contributed by atoms with E-state index < -0.39 is 12.0 Å². The van der Waals surface area contributed by atoms with Crippen LogP contribution >= 0.6 is 11.8 Å². The third-order valence-electron chi connectivity index (χ3n) is 5.41. The Morgan fingerprint density at radius 1 is 1.13 bits per heavy atom. The van der Waals surface area contributed by atoms with Gasteiger partial charge >= 0.3 is 5.97 Å². The Kier molecular flexibility index (Phi) is 6.11. The van der Waals surface area contributed by atoms with Gasteiger partial charge in [-0.3, -0.25) is 4.79 Å². The molecule has 6 heteroatoms. The Morgan fingerprint density at radius 3 is 2.58 bits per heavy atom. The Hall–Kier alpha value is -3.09. The van der Waals surface area contributed by atoms with Crippen molar-refractivity contribution in [1.82, 2.24) is 10.3 Å². The van der Waals surface area contributed by atoms with Crippen molar-refractivity contribution in [2.45, 2.75) is 31.3 Å². The zero-order chi connectivity index (χ0) is 22.0. The van der Waals surface area contributed by atoms with E-state index in [1.165, 1.54) is 0 Å². The first-order valence-corrected chi connectivity index (χ1v) is 11.3. The molecule has 4 rings (SSSR count). The maximum atomic E-state index is 11.1. The van der Waals surface area contributed by atoms with Crippen LogP contribution in [0, 0.1) is 6.92 Å². The average Bonchev–Trinajstić information content (AvgIpc) is 3.19. The number of hydrogen-bond donors (Lipinski definition) is 2. The van der Waals surface area contributed by atoms with Crippen molar-refractivity contribution in [3.63, 3.8) is 0 Å².